The Morgan fingerprint density at radius 3 is 2.84 bits per heavy atom. The highest BCUT2D eigenvalue weighted by Gasteiger charge is 2.14. The number of para-hydroxylation sites is 1. The van der Waals surface area contributed by atoms with Crippen LogP contribution in [0.3, 0.4) is 0 Å². The van der Waals surface area contributed by atoms with Gasteiger partial charge in [0.15, 0.2) is 0 Å². The summed E-state index contributed by atoms with van der Waals surface area (Å²) in [6, 6.07) is 7.62. The number of nitrogens with two attached hydrogens (primary N) is 1. The summed E-state index contributed by atoms with van der Waals surface area (Å²) in [6.07, 6.45) is 1.71. The molecule has 19 heavy (non-hydrogen) atoms. The Bertz CT molecular complexity index is 399. The highest BCUT2D eigenvalue weighted by Crippen LogP contribution is 2.29. The minimum atomic E-state index is -0.283. The molecule has 0 aliphatic heterocycles. The van der Waals surface area contributed by atoms with Crippen LogP contribution in [0.1, 0.15) is 19.8 Å². The largest absolute Gasteiger partial charge is 0.496 e. The smallest absolute Gasteiger partial charge is 0.234 e. The number of methoxy groups -OCH3 is 1. The Morgan fingerprint density at radius 2 is 2.21 bits per heavy atom. The molecule has 106 valence electrons. The molecule has 1 atom stereocenters. The second-order valence-electron chi connectivity index (χ2n) is 4.20. The van der Waals surface area contributed by atoms with Gasteiger partial charge >= 0.3 is 0 Å². The zero-order valence-electron chi connectivity index (χ0n) is 11.5. The maximum Gasteiger partial charge on any atom is 0.234 e. The number of benzene rings is 1. The van der Waals surface area contributed by atoms with Crippen molar-refractivity contribution in [1.29, 1.82) is 0 Å². The second kappa shape index (κ2) is 8.82. The molecular weight excluding hydrogens is 260 g/mol. The molecule has 0 radical (unpaired) electrons. The minimum Gasteiger partial charge on any atom is -0.496 e. The van der Waals surface area contributed by atoms with E-state index in [-0.39, 0.29) is 11.9 Å². The van der Waals surface area contributed by atoms with Gasteiger partial charge in [0.25, 0.3) is 0 Å². The highest BCUT2D eigenvalue weighted by molar-refractivity contribution is 7.99. The van der Waals surface area contributed by atoms with Crippen molar-refractivity contribution >= 4 is 17.7 Å². The predicted octanol–water partition coefficient (Wildman–Crippen LogP) is 2.03. The van der Waals surface area contributed by atoms with E-state index < -0.39 is 0 Å². The summed E-state index contributed by atoms with van der Waals surface area (Å²) in [7, 11) is 1.66. The van der Waals surface area contributed by atoms with E-state index in [1.807, 2.05) is 24.3 Å². The van der Waals surface area contributed by atoms with Crippen molar-refractivity contribution in [3.63, 3.8) is 0 Å². The molecule has 0 saturated heterocycles. The lowest BCUT2D eigenvalue weighted by atomic mass is 10.2. The van der Waals surface area contributed by atoms with Crippen LogP contribution in [0.15, 0.2) is 29.2 Å². The van der Waals surface area contributed by atoms with Crippen LogP contribution in [-0.4, -0.2) is 31.4 Å². The lowest BCUT2D eigenvalue weighted by Gasteiger charge is -2.15. The van der Waals surface area contributed by atoms with Crippen LogP contribution in [0, 0.1) is 0 Å². The van der Waals surface area contributed by atoms with Gasteiger partial charge in [-0.1, -0.05) is 19.1 Å². The van der Waals surface area contributed by atoms with Crippen molar-refractivity contribution in [1.82, 2.24) is 5.32 Å². The second-order valence-corrected chi connectivity index (χ2v) is 5.33. The van der Waals surface area contributed by atoms with E-state index in [1.54, 1.807) is 18.9 Å². The molecule has 0 bridgehead atoms. The van der Waals surface area contributed by atoms with Gasteiger partial charge in [-0.25, -0.2) is 0 Å². The van der Waals surface area contributed by atoms with E-state index in [2.05, 4.69) is 12.2 Å². The Hall–Kier alpha value is -1.20. The third kappa shape index (κ3) is 5.53. The van der Waals surface area contributed by atoms with Crippen molar-refractivity contribution in [2.24, 2.45) is 5.73 Å². The first-order valence-electron chi connectivity index (χ1n) is 6.47. The summed E-state index contributed by atoms with van der Waals surface area (Å²) in [6.45, 7) is 2.88. The van der Waals surface area contributed by atoms with Gasteiger partial charge in [0.2, 0.25) is 5.91 Å². The zero-order chi connectivity index (χ0) is 14.1. The monoisotopic (exact) mass is 282 g/mol. The van der Waals surface area contributed by atoms with Gasteiger partial charge in [-0.05, 0) is 31.5 Å². The van der Waals surface area contributed by atoms with Crippen molar-refractivity contribution in [2.45, 2.75) is 30.7 Å². The number of amides is 1. The zero-order valence-corrected chi connectivity index (χ0v) is 12.3. The minimum absolute atomic E-state index is 0.248. The summed E-state index contributed by atoms with van der Waals surface area (Å²) >= 11 is 1.68. The Labute approximate surface area is 119 Å². The number of carbonyl (C=O) groups excluding carboxylic acids is 1. The van der Waals surface area contributed by atoms with Crippen LogP contribution < -0.4 is 15.8 Å². The molecule has 4 nitrogen and oxygen atoms in total. The van der Waals surface area contributed by atoms with E-state index in [1.165, 1.54) is 0 Å². The number of carbonyl (C=O) groups is 1. The van der Waals surface area contributed by atoms with Crippen LogP contribution in [0.25, 0.3) is 0 Å². The SMILES string of the molecule is CCCNC(CCSc1ccccc1OC)C(N)=O. The van der Waals surface area contributed by atoms with E-state index >= 15 is 0 Å². The fourth-order valence-electron chi connectivity index (χ4n) is 1.69. The van der Waals surface area contributed by atoms with Crippen LogP contribution in [-0.2, 0) is 4.79 Å². The predicted molar refractivity (Wildman–Crippen MR) is 79.6 cm³/mol. The third-order valence-corrected chi connectivity index (χ3v) is 3.81. The number of hydrogen-bond acceptors (Lipinski definition) is 4. The van der Waals surface area contributed by atoms with Gasteiger partial charge in [-0.2, -0.15) is 0 Å². The molecule has 0 heterocycles. The van der Waals surface area contributed by atoms with E-state index in [0.29, 0.717) is 0 Å². The van der Waals surface area contributed by atoms with Crippen LogP contribution in [0.2, 0.25) is 0 Å². The molecule has 5 heteroatoms. The normalized spacial score (nSPS) is 12.1. The first-order chi connectivity index (χ1) is 9.19. The number of primary amides is 1. The molecule has 0 saturated carbocycles. The summed E-state index contributed by atoms with van der Waals surface area (Å²) in [5.41, 5.74) is 5.38. The number of hydrogen-bond donors (Lipinski definition) is 2. The maximum atomic E-state index is 11.3. The third-order valence-electron chi connectivity index (χ3n) is 2.72. The quantitative estimate of drug-likeness (QED) is 0.680. The highest BCUT2D eigenvalue weighted by atomic mass is 32.2. The van der Waals surface area contributed by atoms with Gasteiger partial charge in [0.05, 0.1) is 13.2 Å². The molecule has 3 N–H and O–H groups in total. The van der Waals surface area contributed by atoms with E-state index in [9.17, 15) is 4.79 Å². The van der Waals surface area contributed by atoms with Crippen LogP contribution in [0.4, 0.5) is 0 Å². The van der Waals surface area contributed by atoms with Crippen molar-refractivity contribution < 1.29 is 9.53 Å². The number of ether oxygens (including phenoxy) is 1. The van der Waals surface area contributed by atoms with Gasteiger partial charge in [-0.15, -0.1) is 11.8 Å². The summed E-state index contributed by atoms with van der Waals surface area (Å²) in [5, 5.41) is 3.16. The Morgan fingerprint density at radius 1 is 1.47 bits per heavy atom. The molecule has 1 aromatic carbocycles. The van der Waals surface area contributed by atoms with Gasteiger partial charge < -0.3 is 15.8 Å². The van der Waals surface area contributed by atoms with Gasteiger partial charge in [0.1, 0.15) is 5.75 Å². The number of nitrogens with one attached hydrogen (secondary N) is 1. The standard InChI is InChI=1S/C14H22N2O2S/c1-3-9-16-11(14(15)17)8-10-19-13-7-5-4-6-12(13)18-2/h4-7,11,16H,3,8-10H2,1-2H3,(H2,15,17). The van der Waals surface area contributed by atoms with Crippen molar-refractivity contribution in [3.05, 3.63) is 24.3 Å². The fraction of sp³-hybridized carbons (Fsp3) is 0.500. The number of thioether (sulfide) groups is 1. The van der Waals surface area contributed by atoms with Crippen LogP contribution in [0.5, 0.6) is 5.75 Å². The van der Waals surface area contributed by atoms with E-state index in [4.69, 9.17) is 10.5 Å². The Kier molecular flexibility index (Phi) is 7.36. The maximum absolute atomic E-state index is 11.3. The van der Waals surface area contributed by atoms with Crippen molar-refractivity contribution in [2.75, 3.05) is 19.4 Å². The summed E-state index contributed by atoms with van der Waals surface area (Å²) < 4.78 is 5.29. The first kappa shape index (κ1) is 15.9. The summed E-state index contributed by atoms with van der Waals surface area (Å²) in [4.78, 5) is 12.4. The molecule has 1 amide bonds. The van der Waals surface area contributed by atoms with Crippen LogP contribution >= 0.6 is 11.8 Å². The number of rotatable bonds is 9. The molecule has 0 aliphatic rings. The molecule has 0 aliphatic carbocycles. The van der Waals surface area contributed by atoms with Gasteiger partial charge in [0, 0.05) is 10.6 Å². The average molecular weight is 282 g/mol. The molecular formula is C14H22N2O2S. The lowest BCUT2D eigenvalue weighted by molar-refractivity contribution is -0.120. The van der Waals surface area contributed by atoms with Gasteiger partial charge in [-0.3, -0.25) is 4.79 Å². The Balaban J connectivity index is 2.45. The molecule has 1 aromatic rings. The van der Waals surface area contributed by atoms with Crippen molar-refractivity contribution in [3.8, 4) is 5.75 Å². The fourth-order valence-corrected chi connectivity index (χ4v) is 2.73. The molecule has 1 rings (SSSR count). The van der Waals surface area contributed by atoms with E-state index in [0.717, 1.165) is 35.8 Å². The molecule has 1 unspecified atom stereocenters. The molecule has 0 spiro atoms. The topological polar surface area (TPSA) is 64.3 Å². The average Bonchev–Trinajstić information content (AvgIpc) is 2.42. The molecule has 0 aromatic heterocycles. The summed E-state index contributed by atoms with van der Waals surface area (Å²) in [5.74, 6) is 1.41. The first-order valence-corrected chi connectivity index (χ1v) is 7.46. The lowest BCUT2D eigenvalue weighted by Crippen LogP contribution is -2.41. The molecule has 0 fully saturated rings.